The summed E-state index contributed by atoms with van der Waals surface area (Å²) in [6, 6.07) is 5.64. The van der Waals surface area contributed by atoms with Gasteiger partial charge in [0.15, 0.2) is 5.01 Å². The molecule has 0 spiro atoms. The third kappa shape index (κ3) is 3.02. The molecule has 0 radical (unpaired) electrons. The van der Waals surface area contributed by atoms with Crippen molar-refractivity contribution < 1.29 is 9.90 Å². The van der Waals surface area contributed by atoms with Crippen LogP contribution < -0.4 is 5.32 Å². The van der Waals surface area contributed by atoms with Crippen molar-refractivity contribution in [2.75, 3.05) is 26.2 Å². The number of fused-ring (bicyclic) bond motifs is 1. The van der Waals surface area contributed by atoms with Crippen molar-refractivity contribution in [2.24, 2.45) is 0 Å². The van der Waals surface area contributed by atoms with E-state index >= 15 is 0 Å². The van der Waals surface area contributed by atoms with Gasteiger partial charge in [0.05, 0.1) is 18.3 Å². The Bertz CT molecular complexity index is 924. The van der Waals surface area contributed by atoms with Crippen LogP contribution in [0.1, 0.15) is 9.80 Å². The summed E-state index contributed by atoms with van der Waals surface area (Å²) in [5.41, 5.74) is 2.26. The van der Waals surface area contributed by atoms with Gasteiger partial charge in [0.1, 0.15) is 10.0 Å². The second-order valence-corrected chi connectivity index (χ2v) is 7.42. The van der Waals surface area contributed by atoms with Crippen molar-refractivity contribution in [3.8, 4) is 11.3 Å². The lowest BCUT2D eigenvalue weighted by Gasteiger charge is -2.32. The lowest BCUT2D eigenvalue weighted by atomic mass is 10.2. The van der Waals surface area contributed by atoms with Crippen LogP contribution in [0.4, 0.5) is 0 Å². The standard InChI is InChI=1S/C16H16ClN5O2S/c17-14-13(11-7-19-22-5-2-1-3-12(11)22)20-15(25-14)16(24)21-6-4-18-10(8-21)9-23/h1-3,5,7,10,18,23H,4,6,8-9H2. The van der Waals surface area contributed by atoms with E-state index in [2.05, 4.69) is 15.4 Å². The van der Waals surface area contributed by atoms with Crippen LogP contribution in [0.2, 0.25) is 4.34 Å². The number of aliphatic hydroxyl groups excluding tert-OH is 1. The molecule has 9 heteroatoms. The maximum absolute atomic E-state index is 12.7. The van der Waals surface area contributed by atoms with E-state index in [9.17, 15) is 9.90 Å². The second-order valence-electron chi connectivity index (χ2n) is 5.81. The first-order chi connectivity index (χ1) is 12.2. The van der Waals surface area contributed by atoms with Gasteiger partial charge in [0, 0.05) is 37.4 Å². The van der Waals surface area contributed by atoms with Crippen LogP contribution in [0.25, 0.3) is 16.8 Å². The molecule has 7 nitrogen and oxygen atoms in total. The molecule has 0 aromatic carbocycles. The van der Waals surface area contributed by atoms with Crippen molar-refractivity contribution >= 4 is 34.4 Å². The SMILES string of the molecule is O=C(c1nc(-c2cnn3ccccc23)c(Cl)s1)N1CCNC(CO)C1. The Balaban J connectivity index is 1.65. The quantitative estimate of drug-likeness (QED) is 0.723. The van der Waals surface area contributed by atoms with E-state index in [4.69, 9.17) is 11.6 Å². The fourth-order valence-corrected chi connectivity index (χ4v) is 4.08. The van der Waals surface area contributed by atoms with E-state index in [0.717, 1.165) is 11.1 Å². The first-order valence-electron chi connectivity index (χ1n) is 7.90. The van der Waals surface area contributed by atoms with Crippen LogP contribution in [-0.4, -0.2) is 62.8 Å². The van der Waals surface area contributed by atoms with Gasteiger partial charge < -0.3 is 15.3 Å². The number of nitrogens with zero attached hydrogens (tertiary/aromatic N) is 4. The zero-order valence-electron chi connectivity index (χ0n) is 13.2. The molecule has 25 heavy (non-hydrogen) atoms. The number of carbonyl (C=O) groups excluding carboxylic acids is 1. The molecule has 130 valence electrons. The van der Waals surface area contributed by atoms with Crippen molar-refractivity contribution in [2.45, 2.75) is 6.04 Å². The Hall–Kier alpha value is -2.00. The van der Waals surface area contributed by atoms with Crippen LogP contribution in [0.15, 0.2) is 30.6 Å². The number of hydrogen-bond acceptors (Lipinski definition) is 6. The lowest BCUT2D eigenvalue weighted by Crippen LogP contribution is -2.54. The number of nitrogens with one attached hydrogen (secondary N) is 1. The zero-order valence-corrected chi connectivity index (χ0v) is 14.8. The predicted octanol–water partition coefficient (Wildman–Crippen LogP) is 1.52. The number of halogens is 1. The molecule has 1 aliphatic heterocycles. The zero-order chi connectivity index (χ0) is 17.4. The minimum Gasteiger partial charge on any atom is -0.395 e. The number of piperazine rings is 1. The van der Waals surface area contributed by atoms with Gasteiger partial charge in [-0.05, 0) is 12.1 Å². The maximum Gasteiger partial charge on any atom is 0.283 e. The van der Waals surface area contributed by atoms with Crippen molar-refractivity contribution in [3.63, 3.8) is 0 Å². The van der Waals surface area contributed by atoms with Crippen molar-refractivity contribution in [1.82, 2.24) is 24.8 Å². The smallest absolute Gasteiger partial charge is 0.283 e. The second kappa shape index (κ2) is 6.72. The molecule has 3 aromatic rings. The average molecular weight is 378 g/mol. The predicted molar refractivity (Wildman–Crippen MR) is 96.1 cm³/mol. The molecular formula is C16H16ClN5O2S. The molecule has 0 aliphatic carbocycles. The molecular weight excluding hydrogens is 362 g/mol. The monoisotopic (exact) mass is 377 g/mol. The number of aromatic nitrogens is 3. The van der Waals surface area contributed by atoms with E-state index in [1.54, 1.807) is 15.6 Å². The molecule has 4 rings (SSSR count). The molecule has 1 amide bonds. The highest BCUT2D eigenvalue weighted by atomic mass is 35.5. The fourth-order valence-electron chi connectivity index (χ4n) is 2.94. The van der Waals surface area contributed by atoms with Gasteiger partial charge in [0.2, 0.25) is 0 Å². The highest BCUT2D eigenvalue weighted by Crippen LogP contribution is 2.35. The summed E-state index contributed by atoms with van der Waals surface area (Å²) >= 11 is 7.55. The highest BCUT2D eigenvalue weighted by molar-refractivity contribution is 7.18. The summed E-state index contributed by atoms with van der Waals surface area (Å²) in [4.78, 5) is 18.9. The highest BCUT2D eigenvalue weighted by Gasteiger charge is 2.27. The normalized spacial score (nSPS) is 18.0. The molecule has 3 aromatic heterocycles. The Morgan fingerprint density at radius 3 is 3.20 bits per heavy atom. The molecule has 0 saturated carbocycles. The van der Waals surface area contributed by atoms with Crippen molar-refractivity contribution in [1.29, 1.82) is 0 Å². The summed E-state index contributed by atoms with van der Waals surface area (Å²) in [6.07, 6.45) is 3.55. The van der Waals surface area contributed by atoms with Gasteiger partial charge in [-0.25, -0.2) is 9.50 Å². The minimum absolute atomic E-state index is 0.00392. The first-order valence-corrected chi connectivity index (χ1v) is 9.09. The summed E-state index contributed by atoms with van der Waals surface area (Å²) in [6.45, 7) is 1.68. The number of hydrogen-bond donors (Lipinski definition) is 2. The largest absolute Gasteiger partial charge is 0.395 e. The number of pyridine rings is 1. The summed E-state index contributed by atoms with van der Waals surface area (Å²) in [5, 5.41) is 17.1. The number of amides is 1. The molecule has 1 saturated heterocycles. The Labute approximate surface area is 152 Å². The molecule has 1 unspecified atom stereocenters. The van der Waals surface area contributed by atoms with Gasteiger partial charge in [-0.15, -0.1) is 0 Å². The van der Waals surface area contributed by atoms with E-state index in [-0.39, 0.29) is 18.6 Å². The van der Waals surface area contributed by atoms with Crippen LogP contribution in [0.3, 0.4) is 0 Å². The van der Waals surface area contributed by atoms with E-state index in [1.165, 1.54) is 11.3 Å². The Morgan fingerprint density at radius 1 is 1.48 bits per heavy atom. The molecule has 1 atom stereocenters. The summed E-state index contributed by atoms with van der Waals surface area (Å²) in [7, 11) is 0. The Kier molecular flexibility index (Phi) is 4.43. The van der Waals surface area contributed by atoms with Gasteiger partial charge in [-0.2, -0.15) is 5.10 Å². The third-order valence-corrected chi connectivity index (χ3v) is 5.46. The van der Waals surface area contributed by atoms with Gasteiger partial charge in [0.25, 0.3) is 5.91 Å². The Morgan fingerprint density at radius 2 is 2.36 bits per heavy atom. The van der Waals surface area contributed by atoms with E-state index < -0.39 is 0 Å². The van der Waals surface area contributed by atoms with Crippen LogP contribution in [0.5, 0.6) is 0 Å². The number of rotatable bonds is 3. The van der Waals surface area contributed by atoms with E-state index in [1.807, 2.05) is 24.4 Å². The maximum atomic E-state index is 12.7. The van der Waals surface area contributed by atoms with Gasteiger partial charge in [-0.1, -0.05) is 29.0 Å². The lowest BCUT2D eigenvalue weighted by molar-refractivity contribution is 0.0671. The molecule has 1 fully saturated rings. The van der Waals surface area contributed by atoms with Gasteiger partial charge in [-0.3, -0.25) is 4.79 Å². The fraction of sp³-hybridized carbons (Fsp3) is 0.312. The number of thiazole rings is 1. The molecule has 0 bridgehead atoms. The van der Waals surface area contributed by atoms with Crippen molar-refractivity contribution in [3.05, 3.63) is 39.9 Å². The van der Waals surface area contributed by atoms with E-state index in [0.29, 0.717) is 34.7 Å². The first kappa shape index (κ1) is 16.5. The average Bonchev–Trinajstić information content (AvgIpc) is 3.24. The van der Waals surface area contributed by atoms with Crippen LogP contribution >= 0.6 is 22.9 Å². The topological polar surface area (TPSA) is 82.8 Å². The summed E-state index contributed by atoms with van der Waals surface area (Å²) < 4.78 is 2.21. The number of carbonyl (C=O) groups is 1. The van der Waals surface area contributed by atoms with Gasteiger partial charge >= 0.3 is 0 Å². The number of aliphatic hydroxyl groups is 1. The summed E-state index contributed by atoms with van der Waals surface area (Å²) in [5.74, 6) is -0.158. The third-order valence-electron chi connectivity index (χ3n) is 4.21. The molecule has 1 aliphatic rings. The molecule has 2 N–H and O–H groups in total. The van der Waals surface area contributed by atoms with Crippen LogP contribution in [0, 0.1) is 0 Å². The minimum atomic E-state index is -0.158. The van der Waals surface area contributed by atoms with Crippen LogP contribution in [-0.2, 0) is 0 Å². The molecule has 4 heterocycles.